The Hall–Kier alpha value is -2.40. The summed E-state index contributed by atoms with van der Waals surface area (Å²) in [7, 11) is 0. The number of aromatic nitrogens is 1. The molecule has 1 heterocycles. The number of halogens is 1. The van der Waals surface area contributed by atoms with Gasteiger partial charge in [0.15, 0.2) is 0 Å². The maximum atomic E-state index is 12.4. The Labute approximate surface area is 129 Å². The predicted molar refractivity (Wildman–Crippen MR) is 85.5 cm³/mol. The molecule has 4 nitrogen and oxygen atoms in total. The molecule has 0 spiro atoms. The molecule has 0 fully saturated rings. The number of phenolic OH excluding ortho intramolecular Hbond substituents is 1. The lowest BCUT2D eigenvalue weighted by molar-refractivity contribution is 0.102. The van der Waals surface area contributed by atoms with Gasteiger partial charge in [0.05, 0.1) is 16.8 Å². The van der Waals surface area contributed by atoms with Gasteiger partial charge >= 0.3 is 0 Å². The molecule has 0 aliphatic heterocycles. The summed E-state index contributed by atoms with van der Waals surface area (Å²) in [5, 5.41) is 13.6. The van der Waals surface area contributed by atoms with Crippen molar-refractivity contribution in [3.05, 3.63) is 64.8 Å². The van der Waals surface area contributed by atoms with Crippen LogP contribution in [0, 0.1) is 0 Å². The molecule has 5 heteroatoms. The smallest absolute Gasteiger partial charge is 0.260 e. The number of rotatable bonds is 2. The van der Waals surface area contributed by atoms with Gasteiger partial charge in [0, 0.05) is 16.1 Å². The van der Waals surface area contributed by atoms with Gasteiger partial charge in [-0.2, -0.15) is 0 Å². The molecule has 0 aliphatic rings. The molecule has 0 atom stereocenters. The number of carbonyl (C=O) groups excluding carboxylic acids is 1. The highest BCUT2D eigenvalue weighted by Crippen LogP contribution is 2.28. The van der Waals surface area contributed by atoms with Crippen LogP contribution in [0.3, 0.4) is 0 Å². The molecular formula is C16H11BrN2O2. The number of pyridine rings is 1. The zero-order chi connectivity index (χ0) is 14.8. The molecule has 21 heavy (non-hydrogen) atoms. The summed E-state index contributed by atoms with van der Waals surface area (Å²) >= 11 is 3.27. The minimum atomic E-state index is -0.391. The number of nitrogens with zero attached hydrogens (tertiary/aromatic N) is 1. The van der Waals surface area contributed by atoms with Crippen LogP contribution in [0.25, 0.3) is 10.9 Å². The first-order valence-corrected chi connectivity index (χ1v) is 7.08. The van der Waals surface area contributed by atoms with Crippen molar-refractivity contribution >= 4 is 38.4 Å². The van der Waals surface area contributed by atoms with E-state index in [-0.39, 0.29) is 11.3 Å². The fourth-order valence-corrected chi connectivity index (χ4v) is 2.66. The van der Waals surface area contributed by atoms with Crippen LogP contribution in [0.4, 0.5) is 5.69 Å². The molecule has 0 aliphatic carbocycles. The first kappa shape index (κ1) is 13.6. The SMILES string of the molecule is O=C(Nc1cccc2cccnc12)c1c(O)cccc1Br. The molecule has 1 aromatic heterocycles. The highest BCUT2D eigenvalue weighted by Gasteiger charge is 2.16. The lowest BCUT2D eigenvalue weighted by Crippen LogP contribution is -2.13. The summed E-state index contributed by atoms with van der Waals surface area (Å²) in [6, 6.07) is 14.2. The van der Waals surface area contributed by atoms with Gasteiger partial charge < -0.3 is 10.4 Å². The van der Waals surface area contributed by atoms with Crippen molar-refractivity contribution in [2.24, 2.45) is 0 Å². The van der Waals surface area contributed by atoms with Crippen LogP contribution in [0.1, 0.15) is 10.4 Å². The topological polar surface area (TPSA) is 62.2 Å². The molecule has 2 N–H and O–H groups in total. The fraction of sp³-hybridized carbons (Fsp3) is 0. The van der Waals surface area contributed by atoms with Crippen LogP contribution in [0.15, 0.2) is 59.2 Å². The number of fused-ring (bicyclic) bond motifs is 1. The fourth-order valence-electron chi connectivity index (χ4n) is 2.13. The third-order valence-corrected chi connectivity index (χ3v) is 3.76. The molecule has 0 saturated carbocycles. The molecule has 3 rings (SSSR count). The van der Waals surface area contributed by atoms with Crippen LogP contribution < -0.4 is 5.32 Å². The van der Waals surface area contributed by atoms with E-state index in [9.17, 15) is 9.90 Å². The summed E-state index contributed by atoms with van der Waals surface area (Å²) in [6.07, 6.45) is 1.67. The molecule has 0 bridgehead atoms. The Morgan fingerprint density at radius 2 is 1.86 bits per heavy atom. The Kier molecular flexibility index (Phi) is 3.58. The van der Waals surface area contributed by atoms with Crippen LogP contribution >= 0.6 is 15.9 Å². The van der Waals surface area contributed by atoms with E-state index in [4.69, 9.17) is 0 Å². The lowest BCUT2D eigenvalue weighted by atomic mass is 10.1. The summed E-state index contributed by atoms with van der Waals surface area (Å²) in [6.45, 7) is 0. The second-order valence-corrected chi connectivity index (χ2v) is 5.32. The van der Waals surface area contributed by atoms with Crippen molar-refractivity contribution < 1.29 is 9.90 Å². The average Bonchev–Trinajstić information content (AvgIpc) is 2.47. The molecule has 0 radical (unpaired) electrons. The first-order valence-electron chi connectivity index (χ1n) is 6.29. The standard InChI is InChI=1S/C16H11BrN2O2/c17-11-6-2-8-13(20)14(11)16(21)19-12-7-1-4-10-5-3-9-18-15(10)12/h1-9,20H,(H,19,21). The number of para-hydroxylation sites is 1. The van der Waals surface area contributed by atoms with E-state index in [1.165, 1.54) is 6.07 Å². The van der Waals surface area contributed by atoms with Crippen LogP contribution in [-0.4, -0.2) is 16.0 Å². The normalized spacial score (nSPS) is 10.5. The number of aromatic hydroxyl groups is 1. The van der Waals surface area contributed by atoms with E-state index in [1.807, 2.05) is 24.3 Å². The van der Waals surface area contributed by atoms with Gasteiger partial charge in [0.2, 0.25) is 0 Å². The number of anilines is 1. The summed E-state index contributed by atoms with van der Waals surface area (Å²) in [4.78, 5) is 16.7. The highest BCUT2D eigenvalue weighted by atomic mass is 79.9. The van der Waals surface area contributed by atoms with Crippen molar-refractivity contribution in [2.45, 2.75) is 0 Å². The Balaban J connectivity index is 2.01. The molecular weight excluding hydrogens is 332 g/mol. The second-order valence-electron chi connectivity index (χ2n) is 4.47. The zero-order valence-electron chi connectivity index (χ0n) is 10.9. The molecule has 104 valence electrons. The summed E-state index contributed by atoms with van der Waals surface area (Å²) < 4.78 is 0.535. The van der Waals surface area contributed by atoms with E-state index < -0.39 is 5.91 Å². The van der Waals surface area contributed by atoms with Gasteiger partial charge in [0.1, 0.15) is 5.75 Å². The predicted octanol–water partition coefficient (Wildman–Crippen LogP) is 3.96. The quantitative estimate of drug-likeness (QED) is 0.741. The summed E-state index contributed by atoms with van der Waals surface area (Å²) in [5.41, 5.74) is 1.51. The van der Waals surface area contributed by atoms with E-state index in [2.05, 4.69) is 26.2 Å². The number of amides is 1. The van der Waals surface area contributed by atoms with Gasteiger partial charge in [-0.05, 0) is 40.2 Å². The van der Waals surface area contributed by atoms with Crippen LogP contribution in [0.5, 0.6) is 5.75 Å². The number of phenols is 1. The third kappa shape index (κ3) is 2.60. The second kappa shape index (κ2) is 5.54. The van der Waals surface area contributed by atoms with Gasteiger partial charge in [-0.25, -0.2) is 0 Å². The Morgan fingerprint density at radius 1 is 1.10 bits per heavy atom. The zero-order valence-corrected chi connectivity index (χ0v) is 12.5. The maximum Gasteiger partial charge on any atom is 0.260 e. The van der Waals surface area contributed by atoms with Crippen molar-refractivity contribution in [1.29, 1.82) is 0 Å². The van der Waals surface area contributed by atoms with Crippen molar-refractivity contribution in [3.63, 3.8) is 0 Å². The molecule has 1 amide bonds. The molecule has 2 aromatic carbocycles. The van der Waals surface area contributed by atoms with E-state index in [0.717, 1.165) is 5.39 Å². The maximum absolute atomic E-state index is 12.4. The average molecular weight is 343 g/mol. The van der Waals surface area contributed by atoms with Crippen molar-refractivity contribution in [2.75, 3.05) is 5.32 Å². The summed E-state index contributed by atoms with van der Waals surface area (Å²) in [5.74, 6) is -0.465. The molecule has 0 unspecified atom stereocenters. The number of hydrogen-bond donors (Lipinski definition) is 2. The first-order chi connectivity index (χ1) is 10.2. The number of hydrogen-bond acceptors (Lipinski definition) is 3. The van der Waals surface area contributed by atoms with Gasteiger partial charge in [-0.3, -0.25) is 9.78 Å². The number of carbonyl (C=O) groups is 1. The van der Waals surface area contributed by atoms with E-state index >= 15 is 0 Å². The Morgan fingerprint density at radius 3 is 2.67 bits per heavy atom. The van der Waals surface area contributed by atoms with E-state index in [0.29, 0.717) is 15.7 Å². The highest BCUT2D eigenvalue weighted by molar-refractivity contribution is 9.10. The largest absolute Gasteiger partial charge is 0.507 e. The minimum Gasteiger partial charge on any atom is -0.507 e. The minimum absolute atomic E-state index is 0.0740. The monoisotopic (exact) mass is 342 g/mol. The lowest BCUT2D eigenvalue weighted by Gasteiger charge is -2.10. The van der Waals surface area contributed by atoms with Gasteiger partial charge in [-0.15, -0.1) is 0 Å². The van der Waals surface area contributed by atoms with Crippen molar-refractivity contribution in [1.82, 2.24) is 4.98 Å². The molecule has 3 aromatic rings. The molecule has 0 saturated heterocycles. The van der Waals surface area contributed by atoms with Crippen LogP contribution in [-0.2, 0) is 0 Å². The van der Waals surface area contributed by atoms with Crippen molar-refractivity contribution in [3.8, 4) is 5.75 Å². The van der Waals surface area contributed by atoms with Crippen LogP contribution in [0.2, 0.25) is 0 Å². The third-order valence-electron chi connectivity index (χ3n) is 3.10. The Bertz CT molecular complexity index is 808. The number of nitrogens with one attached hydrogen (secondary N) is 1. The van der Waals surface area contributed by atoms with Gasteiger partial charge in [0.25, 0.3) is 5.91 Å². The van der Waals surface area contributed by atoms with E-state index in [1.54, 1.807) is 24.4 Å². The number of benzene rings is 2. The van der Waals surface area contributed by atoms with Gasteiger partial charge in [-0.1, -0.05) is 24.3 Å².